The van der Waals surface area contributed by atoms with Crippen molar-refractivity contribution in [2.45, 2.75) is 73.1 Å². The van der Waals surface area contributed by atoms with Crippen LogP contribution in [0.25, 0.3) is 11.0 Å². The lowest BCUT2D eigenvalue weighted by molar-refractivity contribution is 0.275. The number of rotatable bonds is 16. The van der Waals surface area contributed by atoms with Gasteiger partial charge in [-0.25, -0.2) is 4.79 Å². The molecule has 0 saturated carbocycles. The monoisotopic (exact) mass is 494 g/mol. The lowest BCUT2D eigenvalue weighted by atomic mass is 10.1. The van der Waals surface area contributed by atoms with Gasteiger partial charge in [0.25, 0.3) is 0 Å². The predicted molar refractivity (Wildman–Crippen MR) is 149 cm³/mol. The maximum absolute atomic E-state index is 12.9. The number of benzene rings is 1. The highest BCUT2D eigenvalue weighted by molar-refractivity contribution is 5.86. The molecule has 5 nitrogen and oxygen atoms in total. The molecule has 0 aliphatic rings. The average molecular weight is 495 g/mol. The van der Waals surface area contributed by atoms with Crippen molar-refractivity contribution in [3.8, 4) is 17.2 Å². The largest absolute Gasteiger partial charge is 0.493 e. The van der Waals surface area contributed by atoms with Crippen LogP contribution in [0.15, 0.2) is 75.0 Å². The Morgan fingerprint density at radius 1 is 0.833 bits per heavy atom. The molecule has 2 aromatic rings. The van der Waals surface area contributed by atoms with E-state index in [1.54, 1.807) is 6.07 Å². The summed E-state index contributed by atoms with van der Waals surface area (Å²) in [5.41, 5.74) is 2.42. The lowest BCUT2D eigenvalue weighted by Crippen LogP contribution is -2.11. The van der Waals surface area contributed by atoms with Gasteiger partial charge in [-0.05, 0) is 77.5 Å². The molecule has 0 radical (unpaired) electrons. The van der Waals surface area contributed by atoms with E-state index in [1.165, 1.54) is 11.1 Å². The van der Waals surface area contributed by atoms with Crippen LogP contribution in [0.2, 0.25) is 0 Å². The van der Waals surface area contributed by atoms with Crippen molar-refractivity contribution >= 4 is 11.0 Å². The fourth-order valence-electron chi connectivity index (χ4n) is 3.49. The van der Waals surface area contributed by atoms with E-state index >= 15 is 0 Å². The summed E-state index contributed by atoms with van der Waals surface area (Å²) in [6, 6.07) is 5.47. The summed E-state index contributed by atoms with van der Waals surface area (Å²) in [5, 5.41) is 0.683. The molecule has 5 heteroatoms. The molecule has 0 N–H and O–H groups in total. The predicted octanol–water partition coefficient (Wildman–Crippen LogP) is 8.33. The second-order valence-corrected chi connectivity index (χ2v) is 8.92. The Bertz CT molecular complexity index is 1110. The van der Waals surface area contributed by atoms with E-state index in [2.05, 4.69) is 58.9 Å². The Morgan fingerprint density at radius 3 is 2.19 bits per heavy atom. The van der Waals surface area contributed by atoms with Crippen molar-refractivity contribution in [1.29, 1.82) is 0 Å². The summed E-state index contributed by atoms with van der Waals surface area (Å²) in [6.45, 7) is 11.7. The molecule has 0 unspecified atom stereocenters. The van der Waals surface area contributed by atoms with Crippen molar-refractivity contribution in [2.24, 2.45) is 0 Å². The van der Waals surface area contributed by atoms with E-state index in [9.17, 15) is 4.79 Å². The van der Waals surface area contributed by atoms with Crippen LogP contribution in [-0.2, 0) is 0 Å². The van der Waals surface area contributed by atoms with Crippen LogP contribution in [0.5, 0.6) is 17.2 Å². The van der Waals surface area contributed by atoms with Gasteiger partial charge in [0.2, 0.25) is 5.75 Å². The summed E-state index contributed by atoms with van der Waals surface area (Å²) in [5.74, 6) is 1.17. The van der Waals surface area contributed by atoms with Gasteiger partial charge >= 0.3 is 5.63 Å². The third kappa shape index (κ3) is 10.2. The minimum absolute atomic E-state index is 0.112. The third-order valence-corrected chi connectivity index (χ3v) is 5.43. The van der Waals surface area contributed by atoms with Gasteiger partial charge < -0.3 is 18.6 Å². The molecule has 1 aromatic heterocycles. The van der Waals surface area contributed by atoms with Crippen LogP contribution < -0.4 is 19.8 Å². The molecule has 0 amide bonds. The zero-order chi connectivity index (χ0) is 26.2. The standard InChI is InChI=1S/C31H42O5/c1-6-8-10-12-20-33-26-17-18-27-28(23-26)36-31(32)30(34-21-13-11-9-7-2)29(27)35-22-19-25(5)16-14-15-24(3)4/h8-11,15,17-19,23H,6-7,12-14,16,20-22H2,1-5H3/b10-8?,11-9?,25-19+. The smallest absolute Gasteiger partial charge is 0.383 e. The van der Waals surface area contributed by atoms with Crippen molar-refractivity contribution in [2.75, 3.05) is 19.8 Å². The molecular formula is C31H42O5. The summed E-state index contributed by atoms with van der Waals surface area (Å²) in [6.07, 6.45) is 18.1. The SMILES string of the molecule is CCC=CCCOc1ccc2c(OC/C=C(\C)CCC=C(C)C)c(OCCC=CCC)c(=O)oc2c1. The molecule has 0 spiro atoms. The number of fused-ring (bicyclic) bond motifs is 1. The number of ether oxygens (including phenoxy) is 3. The van der Waals surface area contributed by atoms with Gasteiger partial charge in [0, 0.05) is 6.07 Å². The molecule has 0 aliphatic carbocycles. The van der Waals surface area contributed by atoms with E-state index in [1.807, 2.05) is 24.3 Å². The fourth-order valence-corrected chi connectivity index (χ4v) is 3.49. The first-order chi connectivity index (χ1) is 17.5. The minimum Gasteiger partial charge on any atom is -0.493 e. The van der Waals surface area contributed by atoms with E-state index in [-0.39, 0.29) is 5.75 Å². The Labute approximate surface area is 216 Å². The van der Waals surface area contributed by atoms with E-state index in [0.717, 1.165) is 32.1 Å². The van der Waals surface area contributed by atoms with Crippen molar-refractivity contribution in [1.82, 2.24) is 0 Å². The maximum atomic E-state index is 12.9. The highest BCUT2D eigenvalue weighted by Crippen LogP contribution is 2.35. The Kier molecular flexibility index (Phi) is 13.3. The second kappa shape index (κ2) is 16.5. The molecule has 0 fully saturated rings. The van der Waals surface area contributed by atoms with Crippen LogP contribution >= 0.6 is 0 Å². The van der Waals surface area contributed by atoms with Gasteiger partial charge in [0.1, 0.15) is 17.9 Å². The fraction of sp³-hybridized carbons (Fsp3) is 0.452. The molecular weight excluding hydrogens is 452 g/mol. The quantitative estimate of drug-likeness (QED) is 0.133. The Hall–Kier alpha value is -3.21. The summed E-state index contributed by atoms with van der Waals surface area (Å²) < 4.78 is 23.4. The number of hydrogen-bond acceptors (Lipinski definition) is 5. The van der Waals surface area contributed by atoms with Gasteiger partial charge in [-0.15, -0.1) is 0 Å². The van der Waals surface area contributed by atoms with Gasteiger partial charge in [0.05, 0.1) is 18.6 Å². The summed E-state index contributed by atoms with van der Waals surface area (Å²) in [7, 11) is 0. The van der Waals surface area contributed by atoms with Crippen LogP contribution in [0.4, 0.5) is 0 Å². The van der Waals surface area contributed by atoms with Gasteiger partial charge in [-0.2, -0.15) is 0 Å². The zero-order valence-corrected chi connectivity index (χ0v) is 22.6. The first-order valence-corrected chi connectivity index (χ1v) is 13.0. The summed E-state index contributed by atoms with van der Waals surface area (Å²) >= 11 is 0. The molecule has 0 saturated heterocycles. The van der Waals surface area contributed by atoms with Crippen LogP contribution in [0, 0.1) is 0 Å². The normalized spacial score (nSPS) is 12.0. The van der Waals surface area contributed by atoms with Gasteiger partial charge in [-0.3, -0.25) is 0 Å². The molecule has 1 heterocycles. The summed E-state index contributed by atoms with van der Waals surface area (Å²) in [4.78, 5) is 12.9. The first-order valence-electron chi connectivity index (χ1n) is 13.0. The Balaban J connectivity index is 2.25. The van der Waals surface area contributed by atoms with Crippen molar-refractivity contribution in [3.05, 3.63) is 76.2 Å². The number of hydrogen-bond donors (Lipinski definition) is 0. The van der Waals surface area contributed by atoms with Gasteiger partial charge in [-0.1, -0.05) is 55.4 Å². The minimum atomic E-state index is -0.552. The molecule has 2 rings (SSSR count). The first kappa shape index (κ1) is 29.0. The maximum Gasteiger partial charge on any atom is 0.383 e. The van der Waals surface area contributed by atoms with E-state index in [0.29, 0.717) is 48.7 Å². The topological polar surface area (TPSA) is 57.9 Å². The van der Waals surface area contributed by atoms with Crippen molar-refractivity contribution < 1.29 is 18.6 Å². The van der Waals surface area contributed by atoms with Gasteiger partial charge in [0.15, 0.2) is 5.75 Å². The molecule has 0 atom stereocenters. The van der Waals surface area contributed by atoms with Crippen LogP contribution in [0.3, 0.4) is 0 Å². The zero-order valence-electron chi connectivity index (χ0n) is 22.6. The van der Waals surface area contributed by atoms with E-state index in [4.69, 9.17) is 18.6 Å². The molecule has 36 heavy (non-hydrogen) atoms. The third-order valence-electron chi connectivity index (χ3n) is 5.43. The number of allylic oxidation sites excluding steroid dienone is 5. The Morgan fingerprint density at radius 2 is 1.53 bits per heavy atom. The van der Waals surface area contributed by atoms with Crippen LogP contribution in [0.1, 0.15) is 73.1 Å². The lowest BCUT2D eigenvalue weighted by Gasteiger charge is -2.14. The van der Waals surface area contributed by atoms with Crippen LogP contribution in [-0.4, -0.2) is 19.8 Å². The second-order valence-electron chi connectivity index (χ2n) is 8.92. The molecule has 0 aliphatic heterocycles. The highest BCUT2D eigenvalue weighted by Gasteiger charge is 2.18. The average Bonchev–Trinajstić information content (AvgIpc) is 2.84. The molecule has 196 valence electrons. The molecule has 0 bridgehead atoms. The molecule has 1 aromatic carbocycles. The highest BCUT2D eigenvalue weighted by atomic mass is 16.5. The van der Waals surface area contributed by atoms with E-state index < -0.39 is 5.63 Å². The van der Waals surface area contributed by atoms with Crippen molar-refractivity contribution in [3.63, 3.8) is 0 Å².